The van der Waals surface area contributed by atoms with E-state index in [1.807, 2.05) is 0 Å². The first-order valence-electron chi connectivity index (χ1n) is 6.08. The highest BCUT2D eigenvalue weighted by Crippen LogP contribution is 2.27. The van der Waals surface area contributed by atoms with Gasteiger partial charge in [0.05, 0.1) is 17.3 Å². The van der Waals surface area contributed by atoms with Crippen LogP contribution in [0.5, 0.6) is 0 Å². The summed E-state index contributed by atoms with van der Waals surface area (Å²) >= 11 is 11.9. The molecule has 0 fully saturated rings. The van der Waals surface area contributed by atoms with Crippen molar-refractivity contribution in [2.45, 2.75) is 6.92 Å². The number of ether oxygens (including phenoxy) is 1. The lowest BCUT2D eigenvalue weighted by Crippen LogP contribution is -2.14. The number of nitrogens with zero attached hydrogens (tertiary/aromatic N) is 2. The summed E-state index contributed by atoms with van der Waals surface area (Å²) < 4.78 is 4.74. The van der Waals surface area contributed by atoms with Gasteiger partial charge in [-0.2, -0.15) is 0 Å². The van der Waals surface area contributed by atoms with Crippen LogP contribution >= 0.6 is 23.2 Å². The standard InChI is InChI=1S/C13H12Cl2N4O2/c1-2-21-13(20)17-12-6-5-11(18-19-12)16-10-7-8(14)3-4-9(10)15/h3-7H,2H2,1H3,(H,16,18)(H,17,19,20). The Morgan fingerprint density at radius 2 is 1.90 bits per heavy atom. The van der Waals surface area contributed by atoms with Gasteiger partial charge in [0, 0.05) is 5.02 Å². The first-order valence-corrected chi connectivity index (χ1v) is 6.83. The third-order valence-corrected chi connectivity index (χ3v) is 2.93. The molecule has 110 valence electrons. The molecule has 0 aliphatic heterocycles. The number of carbonyl (C=O) groups is 1. The fourth-order valence-electron chi connectivity index (χ4n) is 1.47. The summed E-state index contributed by atoms with van der Waals surface area (Å²) in [6.07, 6.45) is -0.578. The van der Waals surface area contributed by atoms with Gasteiger partial charge in [-0.3, -0.25) is 5.32 Å². The van der Waals surface area contributed by atoms with Gasteiger partial charge in [0.15, 0.2) is 11.6 Å². The van der Waals surface area contributed by atoms with Gasteiger partial charge in [0.1, 0.15) is 0 Å². The number of amides is 1. The van der Waals surface area contributed by atoms with E-state index in [1.165, 1.54) is 0 Å². The second-order valence-electron chi connectivity index (χ2n) is 3.90. The van der Waals surface area contributed by atoms with Crippen LogP contribution < -0.4 is 10.6 Å². The summed E-state index contributed by atoms with van der Waals surface area (Å²) in [5.41, 5.74) is 0.615. The number of carbonyl (C=O) groups excluding carboxylic acids is 1. The molecule has 0 radical (unpaired) electrons. The molecule has 0 aliphatic rings. The fraction of sp³-hybridized carbons (Fsp3) is 0.154. The van der Waals surface area contributed by atoms with Crippen LogP contribution in [0.4, 0.5) is 22.1 Å². The quantitative estimate of drug-likeness (QED) is 0.884. The van der Waals surface area contributed by atoms with E-state index in [0.717, 1.165) is 0 Å². The molecule has 2 aromatic rings. The molecule has 0 saturated heterocycles. The van der Waals surface area contributed by atoms with Crippen molar-refractivity contribution >= 4 is 46.6 Å². The average Bonchev–Trinajstić information content (AvgIpc) is 2.45. The van der Waals surface area contributed by atoms with Gasteiger partial charge in [-0.25, -0.2) is 4.79 Å². The minimum atomic E-state index is -0.578. The molecule has 1 aromatic heterocycles. The molecule has 1 amide bonds. The number of halogens is 2. The average molecular weight is 327 g/mol. The molecule has 0 saturated carbocycles. The van der Waals surface area contributed by atoms with Crippen LogP contribution in [-0.4, -0.2) is 22.9 Å². The molecule has 6 nitrogen and oxygen atoms in total. The zero-order valence-electron chi connectivity index (χ0n) is 11.1. The number of aromatic nitrogens is 2. The van der Waals surface area contributed by atoms with Crippen molar-refractivity contribution in [3.05, 3.63) is 40.4 Å². The van der Waals surface area contributed by atoms with Crippen molar-refractivity contribution in [1.82, 2.24) is 10.2 Å². The van der Waals surface area contributed by atoms with Crippen LogP contribution in [0, 0.1) is 0 Å². The summed E-state index contributed by atoms with van der Waals surface area (Å²) in [4.78, 5) is 11.2. The zero-order chi connectivity index (χ0) is 15.2. The van der Waals surface area contributed by atoms with E-state index in [0.29, 0.717) is 21.6 Å². The smallest absolute Gasteiger partial charge is 0.412 e. The Hall–Kier alpha value is -2.05. The van der Waals surface area contributed by atoms with Gasteiger partial charge in [-0.05, 0) is 37.3 Å². The highest BCUT2D eigenvalue weighted by molar-refractivity contribution is 6.35. The predicted octanol–water partition coefficient (Wildman–Crippen LogP) is 4.10. The highest BCUT2D eigenvalue weighted by atomic mass is 35.5. The van der Waals surface area contributed by atoms with E-state index in [-0.39, 0.29) is 12.4 Å². The second kappa shape index (κ2) is 7.10. The predicted molar refractivity (Wildman–Crippen MR) is 82.4 cm³/mol. The van der Waals surface area contributed by atoms with E-state index in [2.05, 4.69) is 20.8 Å². The molecule has 0 atom stereocenters. The minimum Gasteiger partial charge on any atom is -0.450 e. The lowest BCUT2D eigenvalue weighted by atomic mass is 10.3. The monoisotopic (exact) mass is 326 g/mol. The van der Waals surface area contributed by atoms with Crippen LogP contribution in [-0.2, 0) is 4.74 Å². The van der Waals surface area contributed by atoms with Gasteiger partial charge < -0.3 is 10.1 Å². The molecule has 0 spiro atoms. The summed E-state index contributed by atoms with van der Waals surface area (Å²) in [5, 5.41) is 14.3. The molecular weight excluding hydrogens is 315 g/mol. The maximum atomic E-state index is 11.2. The summed E-state index contributed by atoms with van der Waals surface area (Å²) in [5.74, 6) is 0.754. The molecule has 2 N–H and O–H groups in total. The van der Waals surface area contributed by atoms with Crippen LogP contribution in [0.3, 0.4) is 0 Å². The van der Waals surface area contributed by atoms with E-state index in [1.54, 1.807) is 37.3 Å². The molecule has 0 aliphatic carbocycles. The van der Waals surface area contributed by atoms with E-state index < -0.39 is 6.09 Å². The van der Waals surface area contributed by atoms with Crippen LogP contribution in [0.15, 0.2) is 30.3 Å². The normalized spacial score (nSPS) is 10.0. The van der Waals surface area contributed by atoms with Crippen molar-refractivity contribution in [1.29, 1.82) is 0 Å². The Bertz CT molecular complexity index is 635. The Balaban J connectivity index is 2.05. The SMILES string of the molecule is CCOC(=O)Nc1ccc(Nc2cc(Cl)ccc2Cl)nn1. The lowest BCUT2D eigenvalue weighted by molar-refractivity contribution is 0.168. The van der Waals surface area contributed by atoms with Gasteiger partial charge >= 0.3 is 6.09 Å². The van der Waals surface area contributed by atoms with Gasteiger partial charge in [0.25, 0.3) is 0 Å². The molecular formula is C13H12Cl2N4O2. The fourth-order valence-corrected chi connectivity index (χ4v) is 1.81. The number of nitrogens with one attached hydrogen (secondary N) is 2. The number of benzene rings is 1. The van der Waals surface area contributed by atoms with Gasteiger partial charge in [0.2, 0.25) is 0 Å². The van der Waals surface area contributed by atoms with Crippen LogP contribution in [0.25, 0.3) is 0 Å². The lowest BCUT2D eigenvalue weighted by Gasteiger charge is -2.08. The van der Waals surface area contributed by atoms with E-state index in [9.17, 15) is 4.79 Å². The molecule has 1 aromatic carbocycles. The van der Waals surface area contributed by atoms with Crippen molar-refractivity contribution in [2.75, 3.05) is 17.2 Å². The first kappa shape index (κ1) is 15.3. The largest absolute Gasteiger partial charge is 0.450 e. The third kappa shape index (κ3) is 4.47. The Morgan fingerprint density at radius 3 is 2.57 bits per heavy atom. The van der Waals surface area contributed by atoms with Gasteiger partial charge in [-0.15, -0.1) is 10.2 Å². The summed E-state index contributed by atoms with van der Waals surface area (Å²) in [6.45, 7) is 2.00. The maximum absolute atomic E-state index is 11.2. The zero-order valence-corrected chi connectivity index (χ0v) is 12.6. The molecule has 2 rings (SSSR count). The number of rotatable bonds is 4. The van der Waals surface area contributed by atoms with Crippen molar-refractivity contribution in [3.63, 3.8) is 0 Å². The number of hydrogen-bond donors (Lipinski definition) is 2. The second-order valence-corrected chi connectivity index (χ2v) is 4.74. The molecule has 21 heavy (non-hydrogen) atoms. The summed E-state index contributed by atoms with van der Waals surface area (Å²) in [7, 11) is 0. The van der Waals surface area contributed by atoms with E-state index in [4.69, 9.17) is 27.9 Å². The first-order chi connectivity index (χ1) is 10.1. The van der Waals surface area contributed by atoms with E-state index >= 15 is 0 Å². The Labute approximate surface area is 131 Å². The Kier molecular flexibility index (Phi) is 5.19. The Morgan fingerprint density at radius 1 is 1.19 bits per heavy atom. The van der Waals surface area contributed by atoms with Crippen molar-refractivity contribution < 1.29 is 9.53 Å². The van der Waals surface area contributed by atoms with Gasteiger partial charge in [-0.1, -0.05) is 23.2 Å². The maximum Gasteiger partial charge on any atom is 0.412 e. The van der Waals surface area contributed by atoms with Crippen LogP contribution in [0.1, 0.15) is 6.92 Å². The van der Waals surface area contributed by atoms with Crippen molar-refractivity contribution in [2.24, 2.45) is 0 Å². The number of hydrogen-bond acceptors (Lipinski definition) is 5. The third-order valence-electron chi connectivity index (χ3n) is 2.36. The minimum absolute atomic E-state index is 0.284. The highest BCUT2D eigenvalue weighted by Gasteiger charge is 2.06. The summed E-state index contributed by atoms with van der Waals surface area (Å²) in [6, 6.07) is 8.27. The molecule has 1 heterocycles. The molecule has 8 heteroatoms. The topological polar surface area (TPSA) is 76.1 Å². The molecule has 0 unspecified atom stereocenters. The van der Waals surface area contributed by atoms with Crippen molar-refractivity contribution in [3.8, 4) is 0 Å². The molecule has 0 bridgehead atoms. The van der Waals surface area contributed by atoms with Crippen LogP contribution in [0.2, 0.25) is 10.0 Å². The number of anilines is 3.